The van der Waals surface area contributed by atoms with E-state index in [-0.39, 0.29) is 11.3 Å². The predicted octanol–water partition coefficient (Wildman–Crippen LogP) is 6.07. The van der Waals surface area contributed by atoms with Gasteiger partial charge in [-0.25, -0.2) is 0 Å². The Morgan fingerprint density at radius 1 is 1.07 bits per heavy atom. The summed E-state index contributed by atoms with van der Waals surface area (Å²) >= 11 is 14.0. The summed E-state index contributed by atoms with van der Waals surface area (Å²) in [5, 5.41) is 1.06. The largest absolute Gasteiger partial charge is 0.458 e. The second kappa shape index (κ2) is 8.01. The van der Waals surface area contributed by atoms with E-state index in [4.69, 9.17) is 27.6 Å². The van der Waals surface area contributed by atoms with E-state index in [1.807, 2.05) is 35.2 Å². The number of hydrogen-bond donors (Lipinski definition) is 0. The molecule has 0 spiro atoms. The molecule has 3 aromatic rings. The molecule has 3 nitrogen and oxygen atoms in total. The van der Waals surface area contributed by atoms with Gasteiger partial charge < -0.3 is 9.32 Å². The number of halogens is 2. The summed E-state index contributed by atoms with van der Waals surface area (Å²) in [4.78, 5) is 14.3. The topological polar surface area (TPSA) is 33.5 Å². The number of nitrogens with zero attached hydrogens (tertiary/aromatic N) is 1. The summed E-state index contributed by atoms with van der Waals surface area (Å²) in [7, 11) is 0. The van der Waals surface area contributed by atoms with E-state index in [1.165, 1.54) is 5.56 Å². The van der Waals surface area contributed by atoms with Crippen LogP contribution in [0, 0.1) is 0 Å². The molecule has 1 saturated heterocycles. The SMILES string of the molecule is O=C1CS[C@H](c2ccc(-c3cc(Cl)ccc3Cl)o2)N1CCc1ccccc1. The molecule has 1 aliphatic rings. The summed E-state index contributed by atoms with van der Waals surface area (Å²) in [6.07, 6.45) is 0.817. The van der Waals surface area contributed by atoms with Gasteiger partial charge in [0.15, 0.2) is 0 Å². The average molecular weight is 418 g/mol. The third-order valence-corrected chi connectivity index (χ3v) is 6.30. The van der Waals surface area contributed by atoms with Gasteiger partial charge >= 0.3 is 0 Å². The van der Waals surface area contributed by atoms with Crippen molar-refractivity contribution in [2.24, 2.45) is 0 Å². The van der Waals surface area contributed by atoms with Gasteiger partial charge in [0.25, 0.3) is 0 Å². The van der Waals surface area contributed by atoms with E-state index >= 15 is 0 Å². The van der Waals surface area contributed by atoms with Crippen LogP contribution in [0.15, 0.2) is 65.1 Å². The number of benzene rings is 2. The third kappa shape index (κ3) is 4.03. The van der Waals surface area contributed by atoms with Crippen LogP contribution in [0.1, 0.15) is 16.7 Å². The summed E-state index contributed by atoms with van der Waals surface area (Å²) in [6.45, 7) is 0.661. The zero-order valence-corrected chi connectivity index (χ0v) is 16.7. The number of thioether (sulfide) groups is 1. The molecule has 1 fully saturated rings. The van der Waals surface area contributed by atoms with E-state index in [1.54, 1.807) is 30.0 Å². The fourth-order valence-corrected chi connectivity index (χ4v) is 4.69. The molecule has 0 unspecified atom stereocenters. The Morgan fingerprint density at radius 3 is 2.70 bits per heavy atom. The van der Waals surface area contributed by atoms with Gasteiger partial charge in [-0.05, 0) is 42.3 Å². The van der Waals surface area contributed by atoms with Crippen LogP contribution in [0.25, 0.3) is 11.3 Å². The summed E-state index contributed by atoms with van der Waals surface area (Å²) in [5.74, 6) is 2.01. The van der Waals surface area contributed by atoms with Crippen molar-refractivity contribution in [3.05, 3.63) is 82.0 Å². The van der Waals surface area contributed by atoms with Crippen LogP contribution in [0.3, 0.4) is 0 Å². The highest BCUT2D eigenvalue weighted by Gasteiger charge is 2.34. The van der Waals surface area contributed by atoms with E-state index in [2.05, 4.69) is 12.1 Å². The maximum absolute atomic E-state index is 12.4. The Labute approximate surface area is 172 Å². The second-order valence-electron chi connectivity index (χ2n) is 6.31. The molecular weight excluding hydrogens is 401 g/mol. The van der Waals surface area contributed by atoms with Gasteiger partial charge in [-0.1, -0.05) is 53.5 Å². The van der Waals surface area contributed by atoms with E-state index < -0.39 is 0 Å². The third-order valence-electron chi connectivity index (χ3n) is 4.52. The lowest BCUT2D eigenvalue weighted by atomic mass is 10.1. The van der Waals surface area contributed by atoms with Crippen molar-refractivity contribution < 1.29 is 9.21 Å². The van der Waals surface area contributed by atoms with Crippen LogP contribution in [0.5, 0.6) is 0 Å². The van der Waals surface area contributed by atoms with Gasteiger partial charge in [-0.15, -0.1) is 11.8 Å². The first-order valence-corrected chi connectivity index (χ1v) is 10.4. The Hall–Kier alpha value is -1.88. The van der Waals surface area contributed by atoms with Crippen molar-refractivity contribution >= 4 is 40.9 Å². The molecule has 0 radical (unpaired) electrons. The lowest BCUT2D eigenvalue weighted by Gasteiger charge is -2.22. The van der Waals surface area contributed by atoms with Crippen molar-refractivity contribution in [1.29, 1.82) is 0 Å². The van der Waals surface area contributed by atoms with Crippen molar-refractivity contribution in [2.45, 2.75) is 11.8 Å². The Bertz CT molecular complexity index is 958. The van der Waals surface area contributed by atoms with Crippen molar-refractivity contribution in [2.75, 3.05) is 12.3 Å². The quantitative estimate of drug-likeness (QED) is 0.504. The smallest absolute Gasteiger partial charge is 0.233 e. The number of carbonyl (C=O) groups is 1. The minimum Gasteiger partial charge on any atom is -0.458 e. The zero-order chi connectivity index (χ0) is 18.8. The molecule has 0 N–H and O–H groups in total. The zero-order valence-electron chi connectivity index (χ0n) is 14.4. The molecule has 6 heteroatoms. The molecule has 0 aliphatic carbocycles. The highest BCUT2D eigenvalue weighted by Crippen LogP contribution is 2.41. The molecule has 1 atom stereocenters. The van der Waals surface area contributed by atoms with Crippen LogP contribution in [-0.2, 0) is 11.2 Å². The molecule has 27 heavy (non-hydrogen) atoms. The molecule has 0 bridgehead atoms. The fraction of sp³-hybridized carbons (Fsp3) is 0.190. The van der Waals surface area contributed by atoms with Crippen molar-refractivity contribution in [3.63, 3.8) is 0 Å². The summed E-state index contributed by atoms with van der Waals surface area (Å²) < 4.78 is 6.06. The average Bonchev–Trinajstić information content (AvgIpc) is 3.29. The van der Waals surface area contributed by atoms with Gasteiger partial charge in [0, 0.05) is 17.1 Å². The van der Waals surface area contributed by atoms with Crippen molar-refractivity contribution in [3.8, 4) is 11.3 Å². The Balaban J connectivity index is 1.54. The normalized spacial score (nSPS) is 16.9. The molecule has 1 amide bonds. The molecule has 1 aliphatic heterocycles. The maximum Gasteiger partial charge on any atom is 0.233 e. The molecule has 1 aromatic heterocycles. The van der Waals surface area contributed by atoms with Crippen LogP contribution in [0.4, 0.5) is 0 Å². The van der Waals surface area contributed by atoms with Gasteiger partial charge in [0.05, 0.1) is 10.8 Å². The predicted molar refractivity (Wildman–Crippen MR) is 111 cm³/mol. The number of amides is 1. The number of hydrogen-bond acceptors (Lipinski definition) is 3. The van der Waals surface area contributed by atoms with E-state index in [0.29, 0.717) is 28.1 Å². The summed E-state index contributed by atoms with van der Waals surface area (Å²) in [6, 6.07) is 19.3. The highest BCUT2D eigenvalue weighted by molar-refractivity contribution is 8.00. The van der Waals surface area contributed by atoms with Crippen LogP contribution >= 0.6 is 35.0 Å². The van der Waals surface area contributed by atoms with Crippen molar-refractivity contribution in [1.82, 2.24) is 4.90 Å². The molecule has 138 valence electrons. The number of rotatable bonds is 5. The Kier molecular flexibility index (Phi) is 5.48. The van der Waals surface area contributed by atoms with Crippen LogP contribution in [-0.4, -0.2) is 23.1 Å². The highest BCUT2D eigenvalue weighted by atomic mass is 35.5. The minimum absolute atomic E-state index is 0.118. The molecule has 0 saturated carbocycles. The maximum atomic E-state index is 12.4. The Morgan fingerprint density at radius 2 is 1.89 bits per heavy atom. The standard InChI is InChI=1S/C21H17Cl2NO2S/c22-15-6-7-17(23)16(12-15)18-8-9-19(26-18)21-24(20(25)13-27-21)11-10-14-4-2-1-3-5-14/h1-9,12,21H,10-11,13H2/t21-/m1/s1. The molecule has 2 heterocycles. The lowest BCUT2D eigenvalue weighted by molar-refractivity contribution is -0.128. The number of furan rings is 1. The van der Waals surface area contributed by atoms with Gasteiger partial charge in [0.1, 0.15) is 16.9 Å². The first kappa shape index (κ1) is 18.5. The molecular formula is C21H17Cl2NO2S. The lowest BCUT2D eigenvalue weighted by Crippen LogP contribution is -2.30. The minimum atomic E-state index is -0.118. The van der Waals surface area contributed by atoms with Crippen LogP contribution < -0.4 is 0 Å². The summed E-state index contributed by atoms with van der Waals surface area (Å²) in [5.41, 5.74) is 1.97. The van der Waals surface area contributed by atoms with E-state index in [9.17, 15) is 4.79 Å². The van der Waals surface area contributed by atoms with E-state index in [0.717, 1.165) is 17.7 Å². The monoisotopic (exact) mass is 417 g/mol. The second-order valence-corrected chi connectivity index (χ2v) is 8.22. The van der Waals surface area contributed by atoms with Gasteiger partial charge in [-0.3, -0.25) is 4.79 Å². The van der Waals surface area contributed by atoms with Gasteiger partial charge in [0.2, 0.25) is 5.91 Å². The first-order valence-electron chi connectivity index (χ1n) is 8.62. The van der Waals surface area contributed by atoms with Gasteiger partial charge in [-0.2, -0.15) is 0 Å². The molecule has 4 rings (SSSR count). The fourth-order valence-electron chi connectivity index (χ4n) is 3.14. The number of carbonyl (C=O) groups excluding carboxylic acids is 1. The van der Waals surface area contributed by atoms with Crippen LogP contribution in [0.2, 0.25) is 10.0 Å². The molecule has 2 aromatic carbocycles. The first-order chi connectivity index (χ1) is 13.1.